The van der Waals surface area contributed by atoms with E-state index in [4.69, 9.17) is 14.2 Å². The number of hydrogen-bond acceptors (Lipinski definition) is 6. The number of methoxy groups -OCH3 is 1. The van der Waals surface area contributed by atoms with Gasteiger partial charge in [-0.25, -0.2) is 4.98 Å². The molecule has 0 unspecified atom stereocenters. The number of ether oxygens (including phenoxy) is 3. The third-order valence-corrected chi connectivity index (χ3v) is 5.58. The molecule has 28 heavy (non-hydrogen) atoms. The topological polar surface area (TPSA) is 69.7 Å². The molecule has 0 atom stereocenters. The number of anilines is 1. The third kappa shape index (κ3) is 2.99. The van der Waals surface area contributed by atoms with Gasteiger partial charge in [0, 0.05) is 22.5 Å². The molecule has 1 aliphatic rings. The Kier molecular flexibility index (Phi) is 4.02. The summed E-state index contributed by atoms with van der Waals surface area (Å²) < 4.78 is 16.4. The molecule has 0 fully saturated rings. The minimum absolute atomic E-state index is 0.179. The van der Waals surface area contributed by atoms with E-state index in [0.717, 1.165) is 26.9 Å². The van der Waals surface area contributed by atoms with Gasteiger partial charge >= 0.3 is 0 Å². The summed E-state index contributed by atoms with van der Waals surface area (Å²) in [7, 11) is 1.64. The van der Waals surface area contributed by atoms with Gasteiger partial charge in [-0.3, -0.25) is 4.79 Å². The highest BCUT2D eigenvalue weighted by Gasteiger charge is 2.15. The van der Waals surface area contributed by atoms with Gasteiger partial charge in [-0.1, -0.05) is 0 Å². The quantitative estimate of drug-likeness (QED) is 0.557. The van der Waals surface area contributed by atoms with Crippen LogP contribution >= 0.6 is 11.3 Å². The van der Waals surface area contributed by atoms with Crippen molar-refractivity contribution >= 4 is 44.1 Å². The molecule has 0 saturated carbocycles. The molecule has 2 aromatic heterocycles. The van der Waals surface area contributed by atoms with Gasteiger partial charge in [0.15, 0.2) is 11.5 Å². The summed E-state index contributed by atoms with van der Waals surface area (Å²) in [5.74, 6) is 1.93. The standard InChI is InChI=1S/C21H16N2O4S/c1-25-15-3-4-16-12(9-15)8-13-10-19(28-21(13)23-16)20(24)22-14-2-5-17-18(11-14)27-7-6-26-17/h2-5,8-11H,6-7H2,1H3,(H,22,24). The zero-order valence-corrected chi connectivity index (χ0v) is 15.8. The lowest BCUT2D eigenvalue weighted by atomic mass is 10.2. The maximum Gasteiger partial charge on any atom is 0.265 e. The van der Waals surface area contributed by atoms with Crippen LogP contribution in [-0.2, 0) is 0 Å². The molecule has 0 bridgehead atoms. The maximum atomic E-state index is 12.7. The molecule has 1 N–H and O–H groups in total. The average Bonchev–Trinajstić information content (AvgIpc) is 3.14. The van der Waals surface area contributed by atoms with Crippen molar-refractivity contribution in [2.75, 3.05) is 25.6 Å². The molecule has 140 valence electrons. The summed E-state index contributed by atoms with van der Waals surface area (Å²) in [5.41, 5.74) is 1.53. The Morgan fingerprint density at radius 1 is 1.04 bits per heavy atom. The van der Waals surface area contributed by atoms with E-state index in [-0.39, 0.29) is 5.91 Å². The number of thiophene rings is 1. The Labute approximate surface area is 164 Å². The Balaban J connectivity index is 1.45. The average molecular weight is 392 g/mol. The van der Waals surface area contributed by atoms with E-state index in [2.05, 4.69) is 10.3 Å². The Morgan fingerprint density at radius 3 is 2.75 bits per heavy atom. The van der Waals surface area contributed by atoms with Gasteiger partial charge in [0.25, 0.3) is 5.91 Å². The van der Waals surface area contributed by atoms with E-state index in [9.17, 15) is 4.79 Å². The van der Waals surface area contributed by atoms with E-state index in [1.54, 1.807) is 25.3 Å². The van der Waals surface area contributed by atoms with Crippen molar-refractivity contribution in [2.45, 2.75) is 0 Å². The first kappa shape index (κ1) is 16.8. The van der Waals surface area contributed by atoms with Gasteiger partial charge in [-0.15, -0.1) is 11.3 Å². The SMILES string of the molecule is COc1ccc2nc3sc(C(=O)Nc4ccc5c(c4)OCCO5)cc3cc2c1. The fraction of sp³-hybridized carbons (Fsp3) is 0.143. The fourth-order valence-corrected chi connectivity index (χ4v) is 4.08. The van der Waals surface area contributed by atoms with Crippen LogP contribution in [-0.4, -0.2) is 31.2 Å². The number of benzene rings is 2. The van der Waals surface area contributed by atoms with Crippen LogP contribution in [0.1, 0.15) is 9.67 Å². The molecule has 0 saturated heterocycles. The lowest BCUT2D eigenvalue weighted by molar-refractivity contribution is 0.103. The van der Waals surface area contributed by atoms with E-state index in [1.807, 2.05) is 30.3 Å². The van der Waals surface area contributed by atoms with Crippen LogP contribution in [0, 0.1) is 0 Å². The number of rotatable bonds is 3. The highest BCUT2D eigenvalue weighted by Crippen LogP contribution is 2.33. The Morgan fingerprint density at radius 2 is 1.89 bits per heavy atom. The highest BCUT2D eigenvalue weighted by atomic mass is 32.1. The van der Waals surface area contributed by atoms with E-state index >= 15 is 0 Å². The smallest absolute Gasteiger partial charge is 0.265 e. The predicted octanol–water partition coefficient (Wildman–Crippen LogP) is 4.48. The van der Waals surface area contributed by atoms with Crippen LogP contribution < -0.4 is 19.5 Å². The summed E-state index contributed by atoms with van der Waals surface area (Å²) in [6.45, 7) is 1.04. The molecule has 1 aliphatic heterocycles. The van der Waals surface area contributed by atoms with Crippen LogP contribution in [0.25, 0.3) is 21.1 Å². The molecule has 1 amide bonds. The van der Waals surface area contributed by atoms with Crippen molar-refractivity contribution in [3.63, 3.8) is 0 Å². The molecule has 0 spiro atoms. The number of nitrogens with zero attached hydrogens (tertiary/aromatic N) is 1. The summed E-state index contributed by atoms with van der Waals surface area (Å²) in [6, 6.07) is 15.0. The van der Waals surface area contributed by atoms with E-state index in [0.29, 0.717) is 35.3 Å². The molecule has 0 aliphatic carbocycles. The van der Waals surface area contributed by atoms with Gasteiger partial charge in [0.1, 0.15) is 23.8 Å². The fourth-order valence-electron chi connectivity index (χ4n) is 3.17. The first-order chi connectivity index (χ1) is 13.7. The second-order valence-corrected chi connectivity index (χ2v) is 7.40. The lowest BCUT2D eigenvalue weighted by Crippen LogP contribution is -2.16. The Bertz CT molecular complexity index is 1220. The summed E-state index contributed by atoms with van der Waals surface area (Å²) in [5, 5.41) is 4.82. The second-order valence-electron chi connectivity index (χ2n) is 6.36. The number of carbonyl (C=O) groups excluding carboxylic acids is 1. The number of hydrogen-bond donors (Lipinski definition) is 1. The number of amides is 1. The van der Waals surface area contributed by atoms with E-state index in [1.165, 1.54) is 11.3 Å². The number of carbonyl (C=O) groups is 1. The van der Waals surface area contributed by atoms with E-state index < -0.39 is 0 Å². The molecule has 4 aromatic rings. The highest BCUT2D eigenvalue weighted by molar-refractivity contribution is 7.20. The van der Waals surface area contributed by atoms with Crippen molar-refractivity contribution in [3.05, 3.63) is 53.4 Å². The molecule has 2 aromatic carbocycles. The number of pyridine rings is 1. The van der Waals surface area contributed by atoms with Gasteiger partial charge in [0.05, 0.1) is 17.5 Å². The minimum Gasteiger partial charge on any atom is -0.497 e. The monoisotopic (exact) mass is 392 g/mol. The zero-order valence-electron chi connectivity index (χ0n) is 15.0. The van der Waals surface area contributed by atoms with Gasteiger partial charge in [-0.2, -0.15) is 0 Å². The van der Waals surface area contributed by atoms with Crippen LogP contribution in [0.15, 0.2) is 48.5 Å². The molecular formula is C21H16N2O4S. The first-order valence-corrected chi connectivity index (χ1v) is 9.60. The second kappa shape index (κ2) is 6.69. The summed E-state index contributed by atoms with van der Waals surface area (Å²) in [4.78, 5) is 18.8. The number of fused-ring (bicyclic) bond motifs is 3. The minimum atomic E-state index is -0.179. The number of nitrogens with one attached hydrogen (secondary N) is 1. The molecule has 6 nitrogen and oxygen atoms in total. The van der Waals surface area contributed by atoms with Crippen molar-refractivity contribution in [2.24, 2.45) is 0 Å². The molecule has 5 rings (SSSR count). The molecule has 0 radical (unpaired) electrons. The van der Waals surface area contributed by atoms with Crippen LogP contribution in [0.2, 0.25) is 0 Å². The summed E-state index contributed by atoms with van der Waals surface area (Å²) >= 11 is 1.37. The lowest BCUT2D eigenvalue weighted by Gasteiger charge is -2.18. The van der Waals surface area contributed by atoms with Crippen molar-refractivity contribution < 1.29 is 19.0 Å². The van der Waals surface area contributed by atoms with Crippen LogP contribution in [0.5, 0.6) is 17.2 Å². The van der Waals surface area contributed by atoms with Crippen LogP contribution in [0.4, 0.5) is 5.69 Å². The van der Waals surface area contributed by atoms with Crippen molar-refractivity contribution in [1.29, 1.82) is 0 Å². The first-order valence-electron chi connectivity index (χ1n) is 8.79. The zero-order chi connectivity index (χ0) is 19.1. The molecular weight excluding hydrogens is 376 g/mol. The third-order valence-electron chi connectivity index (χ3n) is 4.53. The van der Waals surface area contributed by atoms with Gasteiger partial charge in [-0.05, 0) is 42.5 Å². The maximum absolute atomic E-state index is 12.7. The molecule has 3 heterocycles. The van der Waals surface area contributed by atoms with Crippen molar-refractivity contribution in [3.8, 4) is 17.2 Å². The normalized spacial score (nSPS) is 12.9. The number of aromatic nitrogens is 1. The van der Waals surface area contributed by atoms with Gasteiger partial charge < -0.3 is 19.5 Å². The predicted molar refractivity (Wildman–Crippen MR) is 109 cm³/mol. The molecule has 7 heteroatoms. The Hall–Kier alpha value is -3.32. The summed E-state index contributed by atoms with van der Waals surface area (Å²) in [6.07, 6.45) is 0. The van der Waals surface area contributed by atoms with Crippen LogP contribution in [0.3, 0.4) is 0 Å². The van der Waals surface area contributed by atoms with Gasteiger partial charge in [0.2, 0.25) is 0 Å². The van der Waals surface area contributed by atoms with Crippen molar-refractivity contribution in [1.82, 2.24) is 4.98 Å². The largest absolute Gasteiger partial charge is 0.497 e.